The van der Waals surface area contributed by atoms with E-state index in [0.29, 0.717) is 5.92 Å². The van der Waals surface area contributed by atoms with Crippen LogP contribution in [0.4, 0.5) is 0 Å². The molecule has 0 spiro atoms. The van der Waals surface area contributed by atoms with Gasteiger partial charge < -0.3 is 4.57 Å². The van der Waals surface area contributed by atoms with Crippen molar-refractivity contribution in [1.82, 2.24) is 4.57 Å². The number of para-hydroxylation sites is 1. The molecule has 2 aromatic rings. The topological polar surface area (TPSA) is 22.0 Å². The van der Waals surface area contributed by atoms with Crippen molar-refractivity contribution in [2.45, 2.75) is 38.0 Å². The molecule has 18 heavy (non-hydrogen) atoms. The Morgan fingerprint density at radius 1 is 1.11 bits per heavy atom. The standard InChI is InChI=1S/C16H19NO/c1-17-15-10-6-5-9-13(15)14(11-16(17)18)12-7-3-2-4-8-12/h5-6,9-12H,2-4,7-8H2,1H3. The maximum atomic E-state index is 12.1. The van der Waals surface area contributed by atoms with E-state index in [2.05, 4.69) is 12.1 Å². The van der Waals surface area contributed by atoms with Gasteiger partial charge in [-0.25, -0.2) is 0 Å². The van der Waals surface area contributed by atoms with Crippen molar-refractivity contribution >= 4 is 10.9 Å². The fourth-order valence-electron chi connectivity index (χ4n) is 3.19. The van der Waals surface area contributed by atoms with Gasteiger partial charge in [0, 0.05) is 18.5 Å². The Morgan fingerprint density at radius 2 is 1.83 bits per heavy atom. The Bertz CT molecular complexity index is 621. The van der Waals surface area contributed by atoms with Crippen molar-refractivity contribution in [3.05, 3.63) is 46.2 Å². The fourth-order valence-corrected chi connectivity index (χ4v) is 3.19. The van der Waals surface area contributed by atoms with Gasteiger partial charge in [0.15, 0.2) is 0 Å². The van der Waals surface area contributed by atoms with Crippen LogP contribution < -0.4 is 5.56 Å². The first-order valence-corrected chi connectivity index (χ1v) is 6.86. The summed E-state index contributed by atoms with van der Waals surface area (Å²) in [5.74, 6) is 0.581. The zero-order chi connectivity index (χ0) is 12.5. The second-order valence-electron chi connectivity index (χ2n) is 5.35. The molecule has 0 saturated heterocycles. The van der Waals surface area contributed by atoms with E-state index in [1.807, 2.05) is 25.2 Å². The van der Waals surface area contributed by atoms with Crippen LogP contribution in [0.5, 0.6) is 0 Å². The van der Waals surface area contributed by atoms with Gasteiger partial charge in [-0.15, -0.1) is 0 Å². The van der Waals surface area contributed by atoms with Crippen LogP contribution in [0.25, 0.3) is 10.9 Å². The third-order valence-corrected chi connectivity index (χ3v) is 4.23. The third-order valence-electron chi connectivity index (χ3n) is 4.23. The lowest BCUT2D eigenvalue weighted by molar-refractivity contribution is 0.445. The number of benzene rings is 1. The van der Waals surface area contributed by atoms with E-state index in [1.54, 1.807) is 4.57 Å². The average Bonchev–Trinajstić information content (AvgIpc) is 2.44. The number of rotatable bonds is 1. The number of nitrogens with zero attached hydrogens (tertiary/aromatic N) is 1. The molecule has 1 fully saturated rings. The van der Waals surface area contributed by atoms with Crippen LogP contribution in [0.15, 0.2) is 35.1 Å². The SMILES string of the molecule is Cn1c(=O)cc(C2CCCCC2)c2ccccc21. The molecule has 1 heterocycles. The fraction of sp³-hybridized carbons (Fsp3) is 0.438. The molecule has 1 saturated carbocycles. The molecule has 1 aliphatic carbocycles. The van der Waals surface area contributed by atoms with E-state index in [0.717, 1.165) is 5.52 Å². The molecule has 1 aliphatic rings. The van der Waals surface area contributed by atoms with Crippen molar-refractivity contribution in [3.63, 3.8) is 0 Å². The van der Waals surface area contributed by atoms with E-state index in [-0.39, 0.29) is 5.56 Å². The molecule has 0 N–H and O–H groups in total. The zero-order valence-corrected chi connectivity index (χ0v) is 10.9. The van der Waals surface area contributed by atoms with Gasteiger partial charge in [-0.1, -0.05) is 37.5 Å². The molecule has 3 rings (SSSR count). The molecule has 0 radical (unpaired) electrons. The van der Waals surface area contributed by atoms with Crippen molar-refractivity contribution in [2.24, 2.45) is 7.05 Å². The highest BCUT2D eigenvalue weighted by Gasteiger charge is 2.18. The minimum atomic E-state index is 0.120. The predicted octanol–water partition coefficient (Wildman–Crippen LogP) is 3.59. The summed E-state index contributed by atoms with van der Waals surface area (Å²) < 4.78 is 1.75. The third kappa shape index (κ3) is 1.86. The molecule has 0 bridgehead atoms. The average molecular weight is 241 g/mol. The van der Waals surface area contributed by atoms with Crippen molar-refractivity contribution in [3.8, 4) is 0 Å². The van der Waals surface area contributed by atoms with E-state index >= 15 is 0 Å². The summed E-state index contributed by atoms with van der Waals surface area (Å²) in [7, 11) is 1.86. The largest absolute Gasteiger partial charge is 0.311 e. The van der Waals surface area contributed by atoms with Crippen molar-refractivity contribution in [1.29, 1.82) is 0 Å². The quantitative estimate of drug-likeness (QED) is 0.748. The van der Waals surface area contributed by atoms with Crippen LogP contribution in [-0.2, 0) is 7.05 Å². The number of hydrogen-bond donors (Lipinski definition) is 0. The maximum absolute atomic E-state index is 12.1. The number of pyridine rings is 1. The Kier molecular flexibility index (Phi) is 2.94. The maximum Gasteiger partial charge on any atom is 0.251 e. The van der Waals surface area contributed by atoms with Crippen LogP contribution in [-0.4, -0.2) is 4.57 Å². The molecule has 1 aromatic carbocycles. The number of aromatic nitrogens is 1. The van der Waals surface area contributed by atoms with Crippen molar-refractivity contribution < 1.29 is 0 Å². The van der Waals surface area contributed by atoms with Gasteiger partial charge in [0.25, 0.3) is 5.56 Å². The van der Waals surface area contributed by atoms with E-state index < -0.39 is 0 Å². The molecule has 0 atom stereocenters. The van der Waals surface area contributed by atoms with Gasteiger partial charge in [-0.3, -0.25) is 4.79 Å². The van der Waals surface area contributed by atoms with E-state index in [4.69, 9.17) is 0 Å². The van der Waals surface area contributed by atoms with Crippen LogP contribution in [0.1, 0.15) is 43.6 Å². The second kappa shape index (κ2) is 4.60. The van der Waals surface area contributed by atoms with Gasteiger partial charge in [-0.2, -0.15) is 0 Å². The summed E-state index contributed by atoms with van der Waals surface area (Å²) in [4.78, 5) is 12.1. The number of aryl methyl sites for hydroxylation is 1. The number of fused-ring (bicyclic) bond motifs is 1. The lowest BCUT2D eigenvalue weighted by Gasteiger charge is -2.23. The molecule has 0 unspecified atom stereocenters. The van der Waals surface area contributed by atoms with Gasteiger partial charge in [0.05, 0.1) is 5.52 Å². The highest BCUT2D eigenvalue weighted by atomic mass is 16.1. The predicted molar refractivity (Wildman–Crippen MR) is 75.0 cm³/mol. The minimum absolute atomic E-state index is 0.120. The van der Waals surface area contributed by atoms with Crippen LogP contribution in [0, 0.1) is 0 Å². The Balaban J connectivity index is 2.22. The Hall–Kier alpha value is -1.57. The summed E-state index contributed by atoms with van der Waals surface area (Å²) in [5.41, 5.74) is 2.45. The molecular formula is C16H19NO. The molecule has 2 heteroatoms. The lowest BCUT2D eigenvalue weighted by atomic mass is 9.83. The minimum Gasteiger partial charge on any atom is -0.311 e. The molecule has 1 aromatic heterocycles. The summed E-state index contributed by atoms with van der Waals surface area (Å²) in [6, 6.07) is 10.1. The second-order valence-corrected chi connectivity index (χ2v) is 5.35. The first kappa shape index (κ1) is 11.5. The number of hydrogen-bond acceptors (Lipinski definition) is 1. The Labute approximate surface area is 107 Å². The molecule has 94 valence electrons. The van der Waals surface area contributed by atoms with Gasteiger partial charge in [-0.05, 0) is 30.4 Å². The van der Waals surface area contributed by atoms with Crippen molar-refractivity contribution in [2.75, 3.05) is 0 Å². The van der Waals surface area contributed by atoms with Crippen LogP contribution in [0.3, 0.4) is 0 Å². The summed E-state index contributed by atoms with van der Waals surface area (Å²) in [5, 5.41) is 1.26. The molecular weight excluding hydrogens is 222 g/mol. The highest BCUT2D eigenvalue weighted by molar-refractivity contribution is 5.83. The van der Waals surface area contributed by atoms with Crippen LogP contribution in [0.2, 0.25) is 0 Å². The molecule has 0 aliphatic heterocycles. The van der Waals surface area contributed by atoms with Gasteiger partial charge >= 0.3 is 0 Å². The summed E-state index contributed by atoms with van der Waals surface area (Å²) in [6.45, 7) is 0. The monoisotopic (exact) mass is 241 g/mol. The lowest BCUT2D eigenvalue weighted by Crippen LogP contribution is -2.19. The van der Waals surface area contributed by atoms with Crippen LogP contribution >= 0.6 is 0 Å². The first-order chi connectivity index (χ1) is 8.77. The highest BCUT2D eigenvalue weighted by Crippen LogP contribution is 2.35. The first-order valence-electron chi connectivity index (χ1n) is 6.86. The summed E-state index contributed by atoms with van der Waals surface area (Å²) in [6.07, 6.45) is 6.41. The smallest absolute Gasteiger partial charge is 0.251 e. The Morgan fingerprint density at radius 3 is 2.61 bits per heavy atom. The van der Waals surface area contributed by atoms with E-state index in [1.165, 1.54) is 43.1 Å². The zero-order valence-electron chi connectivity index (χ0n) is 10.9. The molecule has 0 amide bonds. The summed E-state index contributed by atoms with van der Waals surface area (Å²) >= 11 is 0. The van der Waals surface area contributed by atoms with Gasteiger partial charge in [0.2, 0.25) is 0 Å². The normalized spacial score (nSPS) is 17.2. The van der Waals surface area contributed by atoms with E-state index in [9.17, 15) is 4.79 Å². The molecule has 2 nitrogen and oxygen atoms in total. The van der Waals surface area contributed by atoms with Gasteiger partial charge in [0.1, 0.15) is 0 Å².